The molecular weight excluding hydrogens is 282 g/mol. The van der Waals surface area contributed by atoms with E-state index in [-0.39, 0.29) is 11.5 Å². The van der Waals surface area contributed by atoms with Gasteiger partial charge in [-0.05, 0) is 12.1 Å². The molecule has 0 bridgehead atoms. The van der Waals surface area contributed by atoms with Crippen LogP contribution in [0, 0.1) is 16.7 Å². The van der Waals surface area contributed by atoms with Crippen LogP contribution in [0.5, 0.6) is 0 Å². The number of hydrogen-bond acceptors (Lipinski definition) is 5. The maximum Gasteiger partial charge on any atom is 0.180 e. The summed E-state index contributed by atoms with van der Waals surface area (Å²) in [6, 6.07) is 11.6. The average Bonchev–Trinajstić information content (AvgIpc) is 2.74. The number of nitrogen functional groups attached to an aromatic ring is 1. The normalized spacial score (nSPS) is 11.0. The van der Waals surface area contributed by atoms with Crippen molar-refractivity contribution in [3.8, 4) is 6.07 Å². The summed E-state index contributed by atoms with van der Waals surface area (Å²) in [6.07, 6.45) is 0. The number of Topliss-reactive ketones (excluding diaryl/α,β-unsaturated/α-hetero) is 1. The van der Waals surface area contributed by atoms with Crippen LogP contribution in [0.15, 0.2) is 30.3 Å². The monoisotopic (exact) mass is 299 g/mol. The van der Waals surface area contributed by atoms with E-state index in [4.69, 9.17) is 5.73 Å². The molecule has 1 aromatic heterocycles. The molecule has 0 saturated heterocycles. The number of anilines is 3. The Labute approximate surface area is 128 Å². The minimum atomic E-state index is -0.532. The van der Waals surface area contributed by atoms with E-state index in [1.54, 1.807) is 0 Å². The number of thiophene rings is 1. The number of carbonyl (C=O) groups is 1. The highest BCUT2D eigenvalue weighted by Crippen LogP contribution is 2.39. The molecule has 21 heavy (non-hydrogen) atoms. The van der Waals surface area contributed by atoms with Crippen LogP contribution in [0.25, 0.3) is 0 Å². The van der Waals surface area contributed by atoms with Crippen LogP contribution < -0.4 is 11.1 Å². The molecule has 2 aromatic rings. The molecule has 0 aliphatic heterocycles. The Morgan fingerprint density at radius 2 is 1.90 bits per heavy atom. The van der Waals surface area contributed by atoms with Crippen LogP contribution in [0.1, 0.15) is 36.0 Å². The first-order valence-electron chi connectivity index (χ1n) is 6.54. The van der Waals surface area contributed by atoms with E-state index in [0.717, 1.165) is 5.69 Å². The zero-order chi connectivity index (χ0) is 15.6. The van der Waals surface area contributed by atoms with Crippen molar-refractivity contribution in [1.82, 2.24) is 0 Å². The molecule has 5 heteroatoms. The SMILES string of the molecule is CC(C)(C)C(=O)c1sc(Nc2ccccc2)c(C#N)c1N. The van der Waals surface area contributed by atoms with Crippen LogP contribution in [0.2, 0.25) is 0 Å². The fourth-order valence-electron chi connectivity index (χ4n) is 1.80. The minimum absolute atomic E-state index is 0.0531. The standard InChI is InChI=1S/C16H17N3OS/c1-16(2,3)14(20)13-12(18)11(9-17)15(21-13)19-10-7-5-4-6-8-10/h4-8,19H,18H2,1-3H3. The van der Waals surface area contributed by atoms with Gasteiger partial charge in [-0.3, -0.25) is 4.79 Å². The number of rotatable bonds is 3. The highest BCUT2D eigenvalue weighted by atomic mass is 32.1. The third-order valence-corrected chi connectivity index (χ3v) is 4.10. The first-order valence-corrected chi connectivity index (χ1v) is 7.35. The molecule has 0 saturated carbocycles. The first-order chi connectivity index (χ1) is 9.84. The van der Waals surface area contributed by atoms with Gasteiger partial charge in [-0.1, -0.05) is 39.0 Å². The van der Waals surface area contributed by atoms with Gasteiger partial charge >= 0.3 is 0 Å². The fourth-order valence-corrected chi connectivity index (χ4v) is 3.05. The topological polar surface area (TPSA) is 78.9 Å². The molecule has 0 unspecified atom stereocenters. The van der Waals surface area contributed by atoms with Gasteiger partial charge in [0, 0.05) is 11.1 Å². The third-order valence-electron chi connectivity index (χ3n) is 2.98. The molecular formula is C16H17N3OS. The molecule has 1 heterocycles. The Hall–Kier alpha value is -2.32. The van der Waals surface area contributed by atoms with Gasteiger partial charge in [-0.2, -0.15) is 5.26 Å². The number of hydrogen-bond donors (Lipinski definition) is 2. The Morgan fingerprint density at radius 3 is 2.43 bits per heavy atom. The minimum Gasteiger partial charge on any atom is -0.396 e. The number of para-hydroxylation sites is 1. The van der Waals surface area contributed by atoms with Crippen molar-refractivity contribution >= 4 is 33.5 Å². The van der Waals surface area contributed by atoms with E-state index >= 15 is 0 Å². The molecule has 108 valence electrons. The van der Waals surface area contributed by atoms with Gasteiger partial charge in [0.25, 0.3) is 0 Å². The van der Waals surface area contributed by atoms with Crippen molar-refractivity contribution in [2.24, 2.45) is 5.41 Å². The lowest BCUT2D eigenvalue weighted by molar-refractivity contribution is 0.0863. The lowest BCUT2D eigenvalue weighted by atomic mass is 9.89. The number of nitriles is 1. The van der Waals surface area contributed by atoms with Crippen LogP contribution in [0.3, 0.4) is 0 Å². The summed E-state index contributed by atoms with van der Waals surface area (Å²) in [7, 11) is 0. The second-order valence-corrected chi connectivity index (χ2v) is 6.75. The summed E-state index contributed by atoms with van der Waals surface area (Å²) in [6.45, 7) is 5.51. The lowest BCUT2D eigenvalue weighted by Gasteiger charge is -2.15. The molecule has 0 radical (unpaired) electrons. The van der Waals surface area contributed by atoms with Crippen LogP contribution in [0.4, 0.5) is 16.4 Å². The van der Waals surface area contributed by atoms with Crippen molar-refractivity contribution in [3.63, 3.8) is 0 Å². The number of nitrogens with one attached hydrogen (secondary N) is 1. The number of ketones is 1. The molecule has 0 aliphatic rings. The van der Waals surface area contributed by atoms with Gasteiger partial charge in [0.1, 0.15) is 16.6 Å². The summed E-state index contributed by atoms with van der Waals surface area (Å²) in [5, 5.41) is 13.1. The van der Waals surface area contributed by atoms with Crippen LogP contribution in [-0.2, 0) is 0 Å². The smallest absolute Gasteiger partial charge is 0.180 e. The van der Waals surface area contributed by atoms with Gasteiger partial charge in [0.15, 0.2) is 5.78 Å². The van der Waals surface area contributed by atoms with Gasteiger partial charge in [-0.15, -0.1) is 11.3 Å². The van der Waals surface area contributed by atoms with E-state index in [1.807, 2.05) is 51.1 Å². The van der Waals surface area contributed by atoms with Gasteiger partial charge in [0.2, 0.25) is 0 Å². The highest BCUT2D eigenvalue weighted by Gasteiger charge is 2.29. The van der Waals surface area contributed by atoms with Crippen molar-refractivity contribution < 1.29 is 4.79 Å². The van der Waals surface area contributed by atoms with E-state index in [9.17, 15) is 10.1 Å². The quantitative estimate of drug-likeness (QED) is 0.833. The Morgan fingerprint density at radius 1 is 1.29 bits per heavy atom. The maximum absolute atomic E-state index is 12.4. The molecule has 0 atom stereocenters. The zero-order valence-electron chi connectivity index (χ0n) is 12.2. The largest absolute Gasteiger partial charge is 0.396 e. The Bertz CT molecular complexity index is 706. The third kappa shape index (κ3) is 3.06. The van der Waals surface area contributed by atoms with E-state index in [1.165, 1.54) is 11.3 Å². The van der Waals surface area contributed by atoms with Crippen molar-refractivity contribution in [1.29, 1.82) is 5.26 Å². The summed E-state index contributed by atoms with van der Waals surface area (Å²) in [5.74, 6) is -0.0531. The predicted octanol–water partition coefficient (Wildman–Crippen LogP) is 4.17. The van der Waals surface area contributed by atoms with Crippen molar-refractivity contribution in [2.45, 2.75) is 20.8 Å². The Balaban J connectivity index is 2.45. The number of carbonyl (C=O) groups excluding carboxylic acids is 1. The molecule has 1 aromatic carbocycles. The van der Waals surface area contributed by atoms with Crippen molar-refractivity contribution in [2.75, 3.05) is 11.1 Å². The molecule has 4 nitrogen and oxygen atoms in total. The van der Waals surface area contributed by atoms with Gasteiger partial charge in [-0.25, -0.2) is 0 Å². The average molecular weight is 299 g/mol. The zero-order valence-corrected chi connectivity index (χ0v) is 13.0. The van der Waals surface area contributed by atoms with E-state index in [0.29, 0.717) is 15.4 Å². The van der Waals surface area contributed by atoms with Crippen LogP contribution in [-0.4, -0.2) is 5.78 Å². The van der Waals surface area contributed by atoms with E-state index in [2.05, 4.69) is 11.4 Å². The summed E-state index contributed by atoms with van der Waals surface area (Å²) < 4.78 is 0. The molecule has 3 N–H and O–H groups in total. The highest BCUT2D eigenvalue weighted by molar-refractivity contribution is 7.19. The van der Waals surface area contributed by atoms with Crippen LogP contribution >= 0.6 is 11.3 Å². The molecule has 0 fully saturated rings. The first kappa shape index (κ1) is 15.1. The fraction of sp³-hybridized carbons (Fsp3) is 0.250. The predicted molar refractivity (Wildman–Crippen MR) is 87.0 cm³/mol. The number of benzene rings is 1. The molecule has 2 rings (SSSR count). The number of nitrogens with zero attached hydrogens (tertiary/aromatic N) is 1. The van der Waals surface area contributed by atoms with E-state index < -0.39 is 5.41 Å². The van der Waals surface area contributed by atoms with Gasteiger partial charge < -0.3 is 11.1 Å². The summed E-state index contributed by atoms with van der Waals surface area (Å²) in [4.78, 5) is 12.9. The molecule has 0 amide bonds. The lowest BCUT2D eigenvalue weighted by Crippen LogP contribution is -2.20. The Kier molecular flexibility index (Phi) is 4.01. The van der Waals surface area contributed by atoms with Gasteiger partial charge in [0.05, 0.1) is 10.6 Å². The summed E-state index contributed by atoms with van der Waals surface area (Å²) >= 11 is 1.23. The van der Waals surface area contributed by atoms with Crippen molar-refractivity contribution in [3.05, 3.63) is 40.8 Å². The molecule has 0 aliphatic carbocycles. The maximum atomic E-state index is 12.4. The summed E-state index contributed by atoms with van der Waals surface area (Å²) in [5.41, 5.74) is 6.91. The number of nitrogens with two attached hydrogens (primary N) is 1. The second kappa shape index (κ2) is 5.58. The second-order valence-electron chi connectivity index (χ2n) is 5.73. The molecule has 0 spiro atoms.